The van der Waals surface area contributed by atoms with Crippen LogP contribution in [0.4, 0.5) is 0 Å². The molecule has 0 radical (unpaired) electrons. The van der Waals surface area contributed by atoms with Crippen molar-refractivity contribution in [2.75, 3.05) is 19.6 Å². The molecule has 0 aromatic carbocycles. The highest BCUT2D eigenvalue weighted by atomic mass is 16.3. The molecule has 1 aliphatic heterocycles. The molecule has 0 atom stereocenters. The topological polar surface area (TPSA) is 61.4 Å². The number of carbonyl (C=O) groups excluding carboxylic acids is 1. The Kier molecular flexibility index (Phi) is 5.60. The zero-order valence-corrected chi connectivity index (χ0v) is 12.0. The lowest BCUT2D eigenvalue weighted by Gasteiger charge is -2.36. The normalized spacial score (nSPS) is 19.6. The first kappa shape index (κ1) is 15.4. The second kappa shape index (κ2) is 6.53. The molecule has 1 heterocycles. The number of carbonyl (C=O) groups is 1. The van der Waals surface area contributed by atoms with E-state index in [0.717, 1.165) is 32.4 Å². The predicted molar refractivity (Wildman–Crippen MR) is 73.4 cm³/mol. The van der Waals surface area contributed by atoms with Crippen LogP contribution >= 0.6 is 0 Å². The third-order valence-corrected chi connectivity index (χ3v) is 4.61. The van der Waals surface area contributed by atoms with E-state index in [1.54, 1.807) is 0 Å². The Morgan fingerprint density at radius 2 is 1.83 bits per heavy atom. The van der Waals surface area contributed by atoms with E-state index in [1.807, 2.05) is 13.8 Å². The van der Waals surface area contributed by atoms with Gasteiger partial charge in [-0.15, -0.1) is 0 Å². The summed E-state index contributed by atoms with van der Waals surface area (Å²) in [7, 11) is 0. The summed E-state index contributed by atoms with van der Waals surface area (Å²) < 4.78 is 0. The molecule has 18 heavy (non-hydrogen) atoms. The van der Waals surface area contributed by atoms with Gasteiger partial charge >= 0.3 is 0 Å². The van der Waals surface area contributed by atoms with Gasteiger partial charge in [0, 0.05) is 6.54 Å². The first-order chi connectivity index (χ1) is 8.52. The number of amides is 1. The summed E-state index contributed by atoms with van der Waals surface area (Å²) in [5.41, 5.74) is -0.981. The molecule has 1 aliphatic rings. The molecule has 4 nitrogen and oxygen atoms in total. The maximum absolute atomic E-state index is 12.4. The molecule has 0 aromatic rings. The molecule has 0 bridgehead atoms. The van der Waals surface area contributed by atoms with Crippen molar-refractivity contribution in [1.82, 2.24) is 10.6 Å². The number of aliphatic hydroxyl groups is 1. The molecule has 1 fully saturated rings. The average molecular weight is 256 g/mol. The molecule has 1 saturated heterocycles. The van der Waals surface area contributed by atoms with Crippen molar-refractivity contribution in [2.24, 2.45) is 5.41 Å². The standard InChI is InChI=1S/C14H28N2O2/c1-4-13(7-9-15-10-8-13)12(17)16-11-14(18,5-2)6-3/h15,18H,4-11H2,1-3H3,(H,16,17). The Labute approximate surface area is 111 Å². The quantitative estimate of drug-likeness (QED) is 0.674. The number of rotatable bonds is 6. The van der Waals surface area contributed by atoms with Gasteiger partial charge in [0.25, 0.3) is 0 Å². The smallest absolute Gasteiger partial charge is 0.226 e. The third-order valence-electron chi connectivity index (χ3n) is 4.61. The minimum absolute atomic E-state index is 0.117. The van der Waals surface area contributed by atoms with E-state index in [4.69, 9.17) is 0 Å². The van der Waals surface area contributed by atoms with Gasteiger partial charge in [0.05, 0.1) is 11.0 Å². The van der Waals surface area contributed by atoms with Crippen molar-refractivity contribution in [3.8, 4) is 0 Å². The van der Waals surface area contributed by atoms with Gasteiger partial charge in [0.2, 0.25) is 5.91 Å². The summed E-state index contributed by atoms with van der Waals surface area (Å²) in [6, 6.07) is 0. The molecule has 3 N–H and O–H groups in total. The molecule has 0 spiro atoms. The molecule has 106 valence electrons. The van der Waals surface area contributed by atoms with Gasteiger partial charge in [-0.25, -0.2) is 0 Å². The average Bonchev–Trinajstić information content (AvgIpc) is 2.45. The van der Waals surface area contributed by atoms with Crippen LogP contribution < -0.4 is 10.6 Å². The van der Waals surface area contributed by atoms with Gasteiger partial charge in [0.15, 0.2) is 0 Å². The minimum atomic E-state index is -0.752. The van der Waals surface area contributed by atoms with Crippen LogP contribution in [-0.2, 0) is 4.79 Å². The summed E-state index contributed by atoms with van der Waals surface area (Å²) in [5.74, 6) is 0.117. The Hall–Kier alpha value is -0.610. The number of hydrogen-bond donors (Lipinski definition) is 3. The molecule has 1 rings (SSSR count). The summed E-state index contributed by atoms with van der Waals surface area (Å²) in [6.45, 7) is 8.18. The van der Waals surface area contributed by atoms with Crippen LogP contribution in [0.1, 0.15) is 52.9 Å². The Morgan fingerprint density at radius 3 is 2.28 bits per heavy atom. The molecule has 0 unspecified atom stereocenters. The summed E-state index contributed by atoms with van der Waals surface area (Å²) in [5, 5.41) is 16.5. The van der Waals surface area contributed by atoms with Gasteiger partial charge in [0.1, 0.15) is 0 Å². The van der Waals surface area contributed by atoms with E-state index in [-0.39, 0.29) is 11.3 Å². The van der Waals surface area contributed by atoms with Crippen molar-refractivity contribution >= 4 is 5.91 Å². The van der Waals surface area contributed by atoms with Crippen LogP contribution in [0.2, 0.25) is 0 Å². The highest BCUT2D eigenvalue weighted by molar-refractivity contribution is 5.82. The highest BCUT2D eigenvalue weighted by Gasteiger charge is 2.38. The Bertz CT molecular complexity index is 269. The fraction of sp³-hybridized carbons (Fsp3) is 0.929. The Balaban J connectivity index is 2.57. The summed E-state index contributed by atoms with van der Waals surface area (Å²) in [4.78, 5) is 12.4. The van der Waals surface area contributed by atoms with Gasteiger partial charge in [-0.3, -0.25) is 4.79 Å². The van der Waals surface area contributed by atoms with Crippen LogP contribution in [0.25, 0.3) is 0 Å². The van der Waals surface area contributed by atoms with Crippen molar-refractivity contribution in [3.05, 3.63) is 0 Å². The monoisotopic (exact) mass is 256 g/mol. The van der Waals surface area contributed by atoms with Gasteiger partial charge in [-0.2, -0.15) is 0 Å². The lowest BCUT2D eigenvalue weighted by molar-refractivity contribution is -0.134. The number of piperidine rings is 1. The molecule has 0 aromatic heterocycles. The molecular weight excluding hydrogens is 228 g/mol. The van der Waals surface area contributed by atoms with Crippen LogP contribution in [0.3, 0.4) is 0 Å². The second-order valence-corrected chi connectivity index (χ2v) is 5.50. The summed E-state index contributed by atoms with van der Waals surface area (Å²) in [6.07, 6.45) is 4.00. The molecule has 0 aliphatic carbocycles. The van der Waals surface area contributed by atoms with Crippen LogP contribution in [-0.4, -0.2) is 36.2 Å². The molecule has 0 saturated carbocycles. The van der Waals surface area contributed by atoms with Crippen molar-refractivity contribution in [3.63, 3.8) is 0 Å². The lowest BCUT2D eigenvalue weighted by Crippen LogP contribution is -2.51. The van der Waals surface area contributed by atoms with Gasteiger partial charge < -0.3 is 15.7 Å². The maximum Gasteiger partial charge on any atom is 0.226 e. The molecule has 1 amide bonds. The third kappa shape index (κ3) is 3.45. The molecular formula is C14H28N2O2. The van der Waals surface area contributed by atoms with Crippen molar-refractivity contribution < 1.29 is 9.90 Å². The first-order valence-corrected chi connectivity index (χ1v) is 7.23. The predicted octanol–water partition coefficient (Wildman–Crippen LogP) is 1.43. The maximum atomic E-state index is 12.4. The zero-order chi connectivity index (χ0) is 13.6. The Morgan fingerprint density at radius 1 is 1.28 bits per heavy atom. The van der Waals surface area contributed by atoms with Crippen LogP contribution in [0.5, 0.6) is 0 Å². The first-order valence-electron chi connectivity index (χ1n) is 7.23. The fourth-order valence-corrected chi connectivity index (χ4v) is 2.58. The summed E-state index contributed by atoms with van der Waals surface area (Å²) >= 11 is 0. The minimum Gasteiger partial charge on any atom is -0.388 e. The fourth-order valence-electron chi connectivity index (χ4n) is 2.58. The number of nitrogens with one attached hydrogen (secondary N) is 2. The van der Waals surface area contributed by atoms with E-state index in [0.29, 0.717) is 19.4 Å². The molecule has 4 heteroatoms. The van der Waals surface area contributed by atoms with Gasteiger partial charge in [-0.05, 0) is 45.2 Å². The van der Waals surface area contributed by atoms with E-state index in [9.17, 15) is 9.90 Å². The SMILES string of the molecule is CCC(O)(CC)CNC(=O)C1(CC)CCNCC1. The zero-order valence-electron chi connectivity index (χ0n) is 12.0. The highest BCUT2D eigenvalue weighted by Crippen LogP contribution is 2.32. The second-order valence-electron chi connectivity index (χ2n) is 5.50. The van der Waals surface area contributed by atoms with E-state index in [1.165, 1.54) is 0 Å². The van der Waals surface area contributed by atoms with Crippen LogP contribution in [0, 0.1) is 5.41 Å². The van der Waals surface area contributed by atoms with Crippen molar-refractivity contribution in [2.45, 2.75) is 58.5 Å². The van der Waals surface area contributed by atoms with E-state index >= 15 is 0 Å². The van der Waals surface area contributed by atoms with Crippen LogP contribution in [0.15, 0.2) is 0 Å². The van der Waals surface area contributed by atoms with E-state index in [2.05, 4.69) is 17.6 Å². The van der Waals surface area contributed by atoms with E-state index < -0.39 is 5.60 Å². The lowest BCUT2D eigenvalue weighted by atomic mass is 9.75. The van der Waals surface area contributed by atoms with Crippen molar-refractivity contribution in [1.29, 1.82) is 0 Å². The largest absolute Gasteiger partial charge is 0.388 e. The number of hydrogen-bond acceptors (Lipinski definition) is 3. The van der Waals surface area contributed by atoms with Gasteiger partial charge in [-0.1, -0.05) is 20.8 Å².